The molecule has 1 heterocycles. The first-order valence-corrected chi connectivity index (χ1v) is 10.5. The van der Waals surface area contributed by atoms with Crippen LogP contribution in [0.4, 0.5) is 0 Å². The summed E-state index contributed by atoms with van der Waals surface area (Å²) in [5.41, 5.74) is 2.21. The van der Waals surface area contributed by atoms with Crippen molar-refractivity contribution in [3.63, 3.8) is 0 Å². The number of carbonyl (C=O) groups excluding carboxylic acids is 1. The molecule has 0 N–H and O–H groups in total. The number of ether oxygens (including phenoxy) is 3. The largest absolute Gasteiger partial charge is 0.496 e. The lowest BCUT2D eigenvalue weighted by Crippen LogP contribution is -2.30. The number of carbonyl (C=O) groups is 1. The Labute approximate surface area is 171 Å². The van der Waals surface area contributed by atoms with Gasteiger partial charge in [-0.3, -0.25) is 4.79 Å². The molecule has 1 fully saturated rings. The van der Waals surface area contributed by atoms with E-state index in [0.717, 1.165) is 30.7 Å². The number of aryl methyl sites for hydroxylation is 1. The number of amides is 1. The van der Waals surface area contributed by atoms with Crippen molar-refractivity contribution in [1.82, 2.24) is 4.90 Å². The molecule has 1 aliphatic rings. The van der Waals surface area contributed by atoms with E-state index in [2.05, 4.69) is 12.1 Å². The quantitative estimate of drug-likeness (QED) is 0.660. The second kappa shape index (κ2) is 9.73. The van der Waals surface area contributed by atoms with Gasteiger partial charge in [-0.15, -0.1) is 11.8 Å². The molecule has 0 aromatic heterocycles. The van der Waals surface area contributed by atoms with Crippen LogP contribution in [-0.2, 0) is 11.2 Å². The second-order valence-corrected chi connectivity index (χ2v) is 7.79. The van der Waals surface area contributed by atoms with Crippen molar-refractivity contribution in [2.45, 2.75) is 24.6 Å². The van der Waals surface area contributed by atoms with Crippen LogP contribution in [0.1, 0.15) is 29.3 Å². The number of hydrogen-bond donors (Lipinski definition) is 0. The molecule has 0 spiro atoms. The Morgan fingerprint density at radius 1 is 1.04 bits per heavy atom. The summed E-state index contributed by atoms with van der Waals surface area (Å²) < 4.78 is 16.4. The number of nitrogens with zero attached hydrogens (tertiary/aromatic N) is 1. The summed E-state index contributed by atoms with van der Waals surface area (Å²) in [5, 5.41) is -0.0704. The first-order chi connectivity index (χ1) is 13.7. The molecule has 1 amide bonds. The molecular weight excluding hydrogens is 374 g/mol. The molecule has 0 saturated carbocycles. The Morgan fingerprint density at radius 3 is 2.39 bits per heavy atom. The third-order valence-corrected chi connectivity index (χ3v) is 6.15. The Balaban J connectivity index is 1.72. The van der Waals surface area contributed by atoms with Gasteiger partial charge in [-0.1, -0.05) is 30.3 Å². The lowest BCUT2D eigenvalue weighted by Gasteiger charge is -2.26. The van der Waals surface area contributed by atoms with Crippen molar-refractivity contribution in [2.24, 2.45) is 0 Å². The number of thioether (sulfide) groups is 1. The third kappa shape index (κ3) is 4.55. The van der Waals surface area contributed by atoms with Gasteiger partial charge < -0.3 is 19.1 Å². The standard InChI is InChI=1S/C22H27NO4S/c1-25-18-15-20(27-3)19(26-2)14-17(18)22-23(12-13-28-22)21(24)11-7-10-16-8-5-4-6-9-16/h4-6,8-9,14-15,22H,7,10-13H2,1-3H3. The van der Waals surface area contributed by atoms with E-state index in [1.54, 1.807) is 33.1 Å². The molecule has 1 aliphatic heterocycles. The average Bonchev–Trinajstić information content (AvgIpc) is 3.23. The van der Waals surface area contributed by atoms with Crippen LogP contribution in [0.3, 0.4) is 0 Å². The summed E-state index contributed by atoms with van der Waals surface area (Å²) in [6, 6.07) is 14.0. The highest BCUT2D eigenvalue weighted by Crippen LogP contribution is 2.46. The van der Waals surface area contributed by atoms with Gasteiger partial charge in [0, 0.05) is 30.3 Å². The van der Waals surface area contributed by atoms with Gasteiger partial charge in [0.1, 0.15) is 11.1 Å². The Morgan fingerprint density at radius 2 is 1.71 bits per heavy atom. The topological polar surface area (TPSA) is 48.0 Å². The van der Waals surface area contributed by atoms with Crippen molar-refractivity contribution < 1.29 is 19.0 Å². The van der Waals surface area contributed by atoms with Gasteiger partial charge in [-0.05, 0) is 24.5 Å². The molecule has 28 heavy (non-hydrogen) atoms. The molecular formula is C22H27NO4S. The molecule has 3 rings (SSSR count). The average molecular weight is 402 g/mol. The Kier molecular flexibility index (Phi) is 7.09. The molecule has 0 aliphatic carbocycles. The van der Waals surface area contributed by atoms with Crippen LogP contribution in [0.15, 0.2) is 42.5 Å². The van der Waals surface area contributed by atoms with Crippen LogP contribution < -0.4 is 14.2 Å². The van der Waals surface area contributed by atoms with Gasteiger partial charge in [0.05, 0.1) is 21.3 Å². The van der Waals surface area contributed by atoms with Gasteiger partial charge in [0.25, 0.3) is 0 Å². The van der Waals surface area contributed by atoms with Crippen molar-refractivity contribution in [2.75, 3.05) is 33.6 Å². The third-order valence-electron chi connectivity index (χ3n) is 4.91. The molecule has 0 bridgehead atoms. The number of hydrogen-bond acceptors (Lipinski definition) is 5. The summed E-state index contributed by atoms with van der Waals surface area (Å²) in [6.07, 6.45) is 2.30. The number of benzene rings is 2. The maximum Gasteiger partial charge on any atom is 0.223 e. The fraction of sp³-hybridized carbons (Fsp3) is 0.409. The smallest absolute Gasteiger partial charge is 0.223 e. The van der Waals surface area contributed by atoms with Crippen molar-refractivity contribution >= 4 is 17.7 Å². The normalized spacial score (nSPS) is 16.1. The van der Waals surface area contributed by atoms with Crippen LogP contribution in [0.2, 0.25) is 0 Å². The molecule has 0 radical (unpaired) electrons. The Hall–Kier alpha value is -2.34. The highest BCUT2D eigenvalue weighted by Gasteiger charge is 2.33. The second-order valence-electron chi connectivity index (χ2n) is 6.60. The summed E-state index contributed by atoms with van der Waals surface area (Å²) in [6.45, 7) is 0.747. The number of rotatable bonds is 8. The zero-order chi connectivity index (χ0) is 19.9. The maximum atomic E-state index is 12.9. The highest BCUT2D eigenvalue weighted by molar-refractivity contribution is 7.99. The van der Waals surface area contributed by atoms with E-state index in [4.69, 9.17) is 14.2 Å². The van der Waals surface area contributed by atoms with Crippen molar-refractivity contribution in [3.05, 3.63) is 53.6 Å². The van der Waals surface area contributed by atoms with Crippen LogP contribution in [0.25, 0.3) is 0 Å². The van der Waals surface area contributed by atoms with E-state index < -0.39 is 0 Å². The monoisotopic (exact) mass is 401 g/mol. The zero-order valence-corrected chi connectivity index (χ0v) is 17.5. The molecule has 150 valence electrons. The minimum Gasteiger partial charge on any atom is -0.496 e. The van der Waals surface area contributed by atoms with E-state index in [-0.39, 0.29) is 11.3 Å². The van der Waals surface area contributed by atoms with E-state index >= 15 is 0 Å². The lowest BCUT2D eigenvalue weighted by molar-refractivity contribution is -0.131. The summed E-state index contributed by atoms with van der Waals surface area (Å²) >= 11 is 1.75. The summed E-state index contributed by atoms with van der Waals surface area (Å²) in [7, 11) is 4.85. The van der Waals surface area contributed by atoms with Crippen molar-refractivity contribution in [1.29, 1.82) is 0 Å². The van der Waals surface area contributed by atoms with E-state index in [9.17, 15) is 4.79 Å². The molecule has 1 atom stereocenters. The van der Waals surface area contributed by atoms with E-state index in [0.29, 0.717) is 23.7 Å². The minimum atomic E-state index is -0.0704. The van der Waals surface area contributed by atoms with Crippen LogP contribution >= 0.6 is 11.8 Å². The fourth-order valence-corrected chi connectivity index (χ4v) is 4.75. The fourth-order valence-electron chi connectivity index (χ4n) is 3.46. The molecule has 2 aromatic rings. The lowest BCUT2D eigenvalue weighted by atomic mass is 10.1. The molecule has 1 unspecified atom stereocenters. The zero-order valence-electron chi connectivity index (χ0n) is 16.6. The maximum absolute atomic E-state index is 12.9. The van der Waals surface area contributed by atoms with Gasteiger partial charge in [0.15, 0.2) is 11.5 Å². The predicted molar refractivity (Wildman–Crippen MR) is 112 cm³/mol. The van der Waals surface area contributed by atoms with Crippen LogP contribution in [-0.4, -0.2) is 44.4 Å². The van der Waals surface area contributed by atoms with Gasteiger partial charge in [0.2, 0.25) is 5.91 Å². The molecule has 6 heteroatoms. The molecule has 5 nitrogen and oxygen atoms in total. The van der Waals surface area contributed by atoms with Crippen LogP contribution in [0.5, 0.6) is 17.2 Å². The minimum absolute atomic E-state index is 0.0704. The number of methoxy groups -OCH3 is 3. The Bertz CT molecular complexity index is 797. The summed E-state index contributed by atoms with van der Waals surface area (Å²) in [4.78, 5) is 14.9. The van der Waals surface area contributed by atoms with Gasteiger partial charge in [-0.2, -0.15) is 0 Å². The van der Waals surface area contributed by atoms with Gasteiger partial charge >= 0.3 is 0 Å². The van der Waals surface area contributed by atoms with Crippen LogP contribution in [0, 0.1) is 0 Å². The van der Waals surface area contributed by atoms with E-state index in [1.165, 1.54) is 5.56 Å². The highest BCUT2D eigenvalue weighted by atomic mass is 32.2. The predicted octanol–water partition coefficient (Wildman–Crippen LogP) is 4.31. The van der Waals surface area contributed by atoms with Crippen molar-refractivity contribution in [3.8, 4) is 17.2 Å². The molecule has 1 saturated heterocycles. The van der Waals surface area contributed by atoms with Gasteiger partial charge in [-0.25, -0.2) is 0 Å². The first-order valence-electron chi connectivity index (χ1n) is 9.42. The van der Waals surface area contributed by atoms with E-state index in [1.807, 2.05) is 35.2 Å². The molecule has 2 aromatic carbocycles. The SMILES string of the molecule is COc1cc(OC)c(C2SCCN2C(=O)CCCc2ccccc2)cc1OC. The summed E-state index contributed by atoms with van der Waals surface area (Å²) in [5.74, 6) is 3.06. The first kappa shape index (κ1) is 20.4.